The Morgan fingerprint density at radius 1 is 0.933 bits per heavy atom. The molecule has 0 aromatic heterocycles. The molecule has 2 fully saturated rings. The lowest BCUT2D eigenvalue weighted by Crippen LogP contribution is -2.63. The van der Waals surface area contributed by atoms with Gasteiger partial charge in [0, 0.05) is 31.6 Å². The molecular weight excluding hydrogens is 570 g/mol. The van der Waals surface area contributed by atoms with E-state index < -0.39 is 41.0 Å². The zero-order chi connectivity index (χ0) is 33.7. The number of likely N-dealkylation sites (N-methyl/N-ethyl adjacent to an activating group) is 2. The van der Waals surface area contributed by atoms with E-state index in [0.29, 0.717) is 38.9 Å². The smallest absolute Gasteiger partial charge is 0.326 e. The lowest BCUT2D eigenvalue weighted by molar-refractivity contribution is -0.151. The van der Waals surface area contributed by atoms with Crippen LogP contribution in [-0.2, 0) is 24.6 Å². The van der Waals surface area contributed by atoms with Gasteiger partial charge in [0.25, 0.3) is 0 Å². The van der Waals surface area contributed by atoms with Crippen LogP contribution in [0.25, 0.3) is 0 Å². The van der Waals surface area contributed by atoms with Gasteiger partial charge in [0.05, 0.1) is 12.1 Å². The molecule has 0 unspecified atom stereocenters. The monoisotopic (exact) mass is 627 g/mol. The molecule has 5 atom stereocenters. The van der Waals surface area contributed by atoms with E-state index in [1.165, 1.54) is 0 Å². The van der Waals surface area contributed by atoms with Crippen molar-refractivity contribution in [3.63, 3.8) is 0 Å². The summed E-state index contributed by atoms with van der Waals surface area (Å²) in [6.45, 7) is 15.7. The summed E-state index contributed by atoms with van der Waals surface area (Å²) in [5.74, 6) is -1.40. The van der Waals surface area contributed by atoms with Crippen molar-refractivity contribution in [1.29, 1.82) is 0 Å². The molecule has 45 heavy (non-hydrogen) atoms. The highest BCUT2D eigenvalue weighted by Gasteiger charge is 2.44. The molecule has 2 aliphatic rings. The van der Waals surface area contributed by atoms with Crippen LogP contribution in [0.5, 0.6) is 0 Å². The van der Waals surface area contributed by atoms with Crippen LogP contribution in [0.3, 0.4) is 0 Å². The lowest BCUT2D eigenvalue weighted by atomic mass is 9.76. The van der Waals surface area contributed by atoms with E-state index in [4.69, 9.17) is 0 Å². The van der Waals surface area contributed by atoms with Crippen molar-refractivity contribution in [3.05, 3.63) is 35.9 Å². The maximum Gasteiger partial charge on any atom is 0.326 e. The Bertz CT molecular complexity index is 1180. The first-order valence-corrected chi connectivity index (χ1v) is 16.6. The first-order valence-electron chi connectivity index (χ1n) is 16.6. The van der Waals surface area contributed by atoms with Gasteiger partial charge in [0.2, 0.25) is 17.7 Å². The zero-order valence-electron chi connectivity index (χ0n) is 28.9. The SMILES string of the molecule is CN[C@H](C(=O)N[C@H](C(=O)N(C)[C@H](CN1CCCC[C@H]1C(=O)N1CCC[C@H]1C(=O)O)C(C)C)C(C)(C)C)C(C)(C)c1ccccc1. The van der Waals surface area contributed by atoms with Crippen molar-refractivity contribution in [2.45, 2.75) is 116 Å². The Hall–Kier alpha value is -2.98. The fourth-order valence-electron chi connectivity index (χ4n) is 7.08. The fourth-order valence-corrected chi connectivity index (χ4v) is 7.08. The Morgan fingerprint density at radius 2 is 1.56 bits per heavy atom. The number of likely N-dealkylation sites (tertiary alicyclic amines) is 2. The van der Waals surface area contributed by atoms with Crippen LogP contribution < -0.4 is 10.6 Å². The Balaban J connectivity index is 1.82. The maximum absolute atomic E-state index is 14.3. The minimum atomic E-state index is -0.948. The van der Waals surface area contributed by atoms with E-state index in [0.717, 1.165) is 18.4 Å². The molecule has 3 N–H and O–H groups in total. The van der Waals surface area contributed by atoms with E-state index in [9.17, 15) is 24.3 Å². The number of rotatable bonds is 12. The van der Waals surface area contributed by atoms with Gasteiger partial charge < -0.3 is 25.5 Å². The quantitative estimate of drug-likeness (QED) is 0.324. The highest BCUT2D eigenvalue weighted by atomic mass is 16.4. The standard InChI is InChI=1S/C35H57N5O5/c1-23(2)27(22-39-20-14-13-18-25(39)31(42)40-21-15-19-26(40)33(44)45)38(9)32(43)29(34(3,4)5)37-30(41)28(36-8)35(6,7)24-16-11-10-12-17-24/h10-12,16-17,23,25-29,36H,13-15,18-22H2,1-9H3,(H,37,41)(H,44,45)/t25-,26-,27+,28+,29+/m0/s1. The molecule has 0 spiro atoms. The van der Waals surface area contributed by atoms with E-state index in [-0.39, 0.29) is 29.7 Å². The summed E-state index contributed by atoms with van der Waals surface area (Å²) < 4.78 is 0. The number of carbonyl (C=O) groups excluding carboxylic acids is 3. The molecule has 0 saturated carbocycles. The van der Waals surface area contributed by atoms with Gasteiger partial charge in [0.15, 0.2) is 0 Å². The largest absolute Gasteiger partial charge is 0.480 e. The number of nitrogens with zero attached hydrogens (tertiary/aromatic N) is 3. The predicted molar refractivity (Wildman–Crippen MR) is 177 cm³/mol. The Kier molecular flexibility index (Phi) is 12.2. The second-order valence-electron chi connectivity index (χ2n) is 14.9. The molecule has 2 heterocycles. The van der Waals surface area contributed by atoms with Gasteiger partial charge in [-0.15, -0.1) is 0 Å². The third kappa shape index (κ3) is 8.44. The molecule has 0 aliphatic carbocycles. The van der Waals surface area contributed by atoms with Crippen molar-refractivity contribution in [2.75, 3.05) is 33.7 Å². The van der Waals surface area contributed by atoms with Crippen molar-refractivity contribution < 1.29 is 24.3 Å². The number of benzene rings is 1. The summed E-state index contributed by atoms with van der Waals surface area (Å²) in [7, 11) is 3.56. The maximum atomic E-state index is 14.3. The number of nitrogens with one attached hydrogen (secondary N) is 2. The van der Waals surface area contributed by atoms with Crippen LogP contribution in [0.15, 0.2) is 30.3 Å². The Morgan fingerprint density at radius 3 is 2.11 bits per heavy atom. The molecule has 0 bridgehead atoms. The summed E-state index contributed by atoms with van der Waals surface area (Å²) in [6.07, 6.45) is 3.70. The van der Waals surface area contributed by atoms with Gasteiger partial charge >= 0.3 is 5.97 Å². The van der Waals surface area contributed by atoms with E-state index in [2.05, 4.69) is 29.4 Å². The van der Waals surface area contributed by atoms with E-state index >= 15 is 0 Å². The molecule has 10 nitrogen and oxygen atoms in total. The number of aliphatic carboxylic acids is 1. The van der Waals surface area contributed by atoms with Crippen LogP contribution >= 0.6 is 0 Å². The second kappa shape index (κ2) is 15.1. The Labute approximate surface area is 270 Å². The predicted octanol–water partition coefficient (Wildman–Crippen LogP) is 3.50. The molecule has 1 aromatic rings. The van der Waals surface area contributed by atoms with Gasteiger partial charge in [-0.1, -0.05) is 85.2 Å². The van der Waals surface area contributed by atoms with Gasteiger partial charge in [-0.05, 0) is 56.2 Å². The van der Waals surface area contributed by atoms with Crippen molar-refractivity contribution in [3.8, 4) is 0 Å². The molecule has 3 amide bonds. The molecule has 0 radical (unpaired) electrons. The van der Waals surface area contributed by atoms with Crippen LogP contribution in [0.1, 0.15) is 86.1 Å². The number of carbonyl (C=O) groups is 4. The highest BCUT2D eigenvalue weighted by Crippen LogP contribution is 2.30. The summed E-state index contributed by atoms with van der Waals surface area (Å²) in [6, 6.07) is 7.13. The molecule has 2 aliphatic heterocycles. The molecule has 10 heteroatoms. The highest BCUT2D eigenvalue weighted by molar-refractivity contribution is 5.91. The molecule has 3 rings (SSSR count). The van der Waals surface area contributed by atoms with Gasteiger partial charge in [-0.25, -0.2) is 4.79 Å². The topological polar surface area (TPSA) is 122 Å². The summed E-state index contributed by atoms with van der Waals surface area (Å²) in [5, 5.41) is 16.0. The third-order valence-electron chi connectivity index (χ3n) is 9.95. The van der Waals surface area contributed by atoms with Gasteiger partial charge in [-0.3, -0.25) is 19.3 Å². The van der Waals surface area contributed by atoms with Crippen molar-refractivity contribution >= 4 is 23.7 Å². The number of carboxylic acid groups (broad SMARTS) is 1. The number of hydrogen-bond acceptors (Lipinski definition) is 6. The number of hydrogen-bond donors (Lipinski definition) is 3. The van der Waals surface area contributed by atoms with Crippen LogP contribution in [0.2, 0.25) is 0 Å². The molecule has 1 aromatic carbocycles. The van der Waals surface area contributed by atoms with Crippen LogP contribution in [-0.4, -0.2) is 107 Å². The van der Waals surface area contributed by atoms with Gasteiger partial charge in [0.1, 0.15) is 12.1 Å². The molecule has 2 saturated heterocycles. The lowest BCUT2D eigenvalue weighted by Gasteiger charge is -2.44. The average Bonchev–Trinajstić information content (AvgIpc) is 3.48. The molecular formula is C35H57N5O5. The average molecular weight is 628 g/mol. The van der Waals surface area contributed by atoms with Crippen LogP contribution in [0, 0.1) is 11.3 Å². The minimum absolute atomic E-state index is 0.0774. The van der Waals surface area contributed by atoms with Crippen molar-refractivity contribution in [2.24, 2.45) is 11.3 Å². The minimum Gasteiger partial charge on any atom is -0.480 e. The third-order valence-corrected chi connectivity index (χ3v) is 9.95. The summed E-state index contributed by atoms with van der Waals surface area (Å²) >= 11 is 0. The van der Waals surface area contributed by atoms with Crippen LogP contribution in [0.4, 0.5) is 0 Å². The zero-order valence-corrected chi connectivity index (χ0v) is 28.9. The van der Waals surface area contributed by atoms with E-state index in [1.54, 1.807) is 23.9 Å². The second-order valence-corrected chi connectivity index (χ2v) is 14.9. The normalized spacial score (nSPS) is 21.7. The van der Waals surface area contributed by atoms with Crippen molar-refractivity contribution in [1.82, 2.24) is 25.3 Å². The van der Waals surface area contributed by atoms with Gasteiger partial charge in [-0.2, -0.15) is 0 Å². The molecule has 252 valence electrons. The number of piperidine rings is 1. The number of amides is 3. The first kappa shape index (κ1) is 36.5. The summed E-state index contributed by atoms with van der Waals surface area (Å²) in [4.78, 5) is 59.2. The summed E-state index contributed by atoms with van der Waals surface area (Å²) in [5.41, 5.74) is -0.0875. The van der Waals surface area contributed by atoms with E-state index in [1.807, 2.05) is 65.0 Å². The number of carboxylic acids is 1. The fraction of sp³-hybridized carbons (Fsp3) is 0.714. The first-order chi connectivity index (χ1) is 21.0.